The van der Waals surface area contributed by atoms with Crippen LogP contribution in [-0.4, -0.2) is 63.6 Å². The third-order valence-corrected chi connectivity index (χ3v) is 6.38. The van der Waals surface area contributed by atoms with Gasteiger partial charge in [-0.2, -0.15) is 18.3 Å². The number of alkyl halides is 3. The molecule has 0 atom stereocenters. The summed E-state index contributed by atoms with van der Waals surface area (Å²) in [4.78, 5) is 20.9. The second kappa shape index (κ2) is 8.05. The zero-order valence-corrected chi connectivity index (χ0v) is 17.0. The fraction of sp³-hybridized carbons (Fsp3) is 0.650. The second-order valence-corrected chi connectivity index (χ2v) is 8.54. The van der Waals surface area contributed by atoms with Crippen LogP contribution in [0.4, 0.5) is 19.0 Å². The number of hydrogen-bond acceptors (Lipinski definition) is 5. The Balaban J connectivity index is 1.42. The van der Waals surface area contributed by atoms with Gasteiger partial charge in [0, 0.05) is 24.7 Å². The number of aromatic nitrogens is 3. The van der Waals surface area contributed by atoms with Crippen molar-refractivity contribution >= 4 is 22.8 Å². The van der Waals surface area contributed by atoms with Crippen molar-refractivity contribution in [3.63, 3.8) is 0 Å². The lowest BCUT2D eigenvalue weighted by Crippen LogP contribution is -2.45. The number of nitrogen functional groups attached to an aromatic ring is 1. The Hall–Kier alpha value is -2.36. The van der Waals surface area contributed by atoms with Gasteiger partial charge in [-0.15, -0.1) is 0 Å². The summed E-state index contributed by atoms with van der Waals surface area (Å²) in [5.41, 5.74) is 5.22. The molecule has 164 valence electrons. The van der Waals surface area contributed by atoms with Gasteiger partial charge in [0.25, 0.3) is 0 Å². The molecule has 2 aromatic heterocycles. The molecule has 0 spiro atoms. The average molecular weight is 424 g/mol. The van der Waals surface area contributed by atoms with Gasteiger partial charge in [0.1, 0.15) is 5.82 Å². The minimum absolute atomic E-state index is 0.00532. The number of aromatic amines is 1. The highest BCUT2D eigenvalue weighted by Crippen LogP contribution is 2.39. The van der Waals surface area contributed by atoms with Crippen molar-refractivity contribution in [1.29, 1.82) is 0 Å². The lowest BCUT2D eigenvalue weighted by Gasteiger charge is -2.35. The van der Waals surface area contributed by atoms with E-state index in [0.717, 1.165) is 32.0 Å². The van der Waals surface area contributed by atoms with E-state index < -0.39 is 11.7 Å². The van der Waals surface area contributed by atoms with Crippen molar-refractivity contribution < 1.29 is 18.0 Å². The van der Waals surface area contributed by atoms with Crippen LogP contribution in [0.3, 0.4) is 0 Å². The summed E-state index contributed by atoms with van der Waals surface area (Å²) in [6, 6.07) is 1.11. The van der Waals surface area contributed by atoms with Gasteiger partial charge in [-0.25, -0.2) is 4.98 Å². The predicted molar refractivity (Wildman–Crippen MR) is 107 cm³/mol. The second-order valence-electron chi connectivity index (χ2n) is 8.54. The number of halogens is 3. The Morgan fingerprint density at radius 3 is 2.50 bits per heavy atom. The quantitative estimate of drug-likeness (QED) is 0.791. The molecule has 1 amide bonds. The highest BCUT2D eigenvalue weighted by Gasteiger charge is 2.36. The summed E-state index contributed by atoms with van der Waals surface area (Å²) in [5.74, 6) is 0.583. The minimum Gasteiger partial charge on any atom is -0.383 e. The number of nitrogens with zero attached hydrogens (tertiary/aromatic N) is 4. The minimum atomic E-state index is -4.53. The van der Waals surface area contributed by atoms with Crippen LogP contribution in [0.1, 0.15) is 49.8 Å². The monoisotopic (exact) mass is 424 g/mol. The van der Waals surface area contributed by atoms with Crippen molar-refractivity contribution in [2.24, 2.45) is 5.92 Å². The standard InChI is InChI=1S/C20H27F3N6O/c1-12-2-8-29(9-3-12)16(30)11-28-6-4-13(5-7-28)15-10-14(20(21,22)23)17-18(24)26-27-19(17)25-15/h10,12-13H,2-9,11H2,1H3,(H3,24,25,26,27). The van der Waals surface area contributed by atoms with Gasteiger partial charge < -0.3 is 10.6 Å². The summed E-state index contributed by atoms with van der Waals surface area (Å²) >= 11 is 0. The van der Waals surface area contributed by atoms with Crippen molar-refractivity contribution in [3.05, 3.63) is 17.3 Å². The number of piperidine rings is 2. The summed E-state index contributed by atoms with van der Waals surface area (Å²) in [6.07, 6.45) is -1.14. The van der Waals surface area contributed by atoms with Crippen LogP contribution in [0.2, 0.25) is 0 Å². The summed E-state index contributed by atoms with van der Waals surface area (Å²) in [5, 5.41) is 6.06. The largest absolute Gasteiger partial charge is 0.417 e. The Morgan fingerprint density at radius 1 is 1.20 bits per heavy atom. The molecular formula is C20H27F3N6O. The molecule has 2 fully saturated rings. The molecule has 10 heteroatoms. The van der Waals surface area contributed by atoms with Crippen molar-refractivity contribution in [1.82, 2.24) is 25.0 Å². The molecule has 0 aliphatic carbocycles. The molecule has 7 nitrogen and oxygen atoms in total. The number of fused-ring (bicyclic) bond motifs is 1. The number of nitrogens with two attached hydrogens (primary N) is 1. The summed E-state index contributed by atoms with van der Waals surface area (Å²) in [7, 11) is 0. The molecule has 0 unspecified atom stereocenters. The maximum Gasteiger partial charge on any atom is 0.417 e. The molecule has 0 saturated carbocycles. The molecule has 30 heavy (non-hydrogen) atoms. The topological polar surface area (TPSA) is 91.1 Å². The van der Waals surface area contributed by atoms with E-state index in [0.29, 0.717) is 44.1 Å². The smallest absolute Gasteiger partial charge is 0.383 e. The average Bonchev–Trinajstić information content (AvgIpc) is 3.08. The molecule has 0 aromatic carbocycles. The van der Waals surface area contributed by atoms with E-state index in [4.69, 9.17) is 5.73 Å². The number of amides is 1. The lowest BCUT2D eigenvalue weighted by molar-refractivity contribution is -0.136. The van der Waals surface area contributed by atoms with Gasteiger partial charge in [0.15, 0.2) is 5.65 Å². The molecule has 3 N–H and O–H groups in total. The van der Waals surface area contributed by atoms with E-state index in [-0.39, 0.29) is 28.7 Å². The first-order valence-corrected chi connectivity index (χ1v) is 10.4. The lowest BCUT2D eigenvalue weighted by atomic mass is 9.91. The zero-order chi connectivity index (χ0) is 21.5. The maximum absolute atomic E-state index is 13.6. The first-order valence-electron chi connectivity index (χ1n) is 10.4. The van der Waals surface area contributed by atoms with Crippen LogP contribution >= 0.6 is 0 Å². The van der Waals surface area contributed by atoms with Gasteiger partial charge in [-0.1, -0.05) is 6.92 Å². The number of carbonyl (C=O) groups excluding carboxylic acids is 1. The molecule has 2 aromatic rings. The van der Waals surface area contributed by atoms with Gasteiger partial charge in [-0.3, -0.25) is 14.8 Å². The van der Waals surface area contributed by atoms with Crippen LogP contribution in [0.25, 0.3) is 11.0 Å². The zero-order valence-electron chi connectivity index (χ0n) is 17.0. The third-order valence-electron chi connectivity index (χ3n) is 6.38. The third kappa shape index (κ3) is 4.23. The molecule has 4 heterocycles. The highest BCUT2D eigenvalue weighted by molar-refractivity contribution is 5.89. The number of anilines is 1. The molecule has 2 aliphatic heterocycles. The van der Waals surface area contributed by atoms with Gasteiger partial charge in [0.2, 0.25) is 5.91 Å². The van der Waals surface area contributed by atoms with Gasteiger partial charge in [0.05, 0.1) is 17.5 Å². The maximum atomic E-state index is 13.6. The predicted octanol–water partition coefficient (Wildman–Crippen LogP) is 3.00. The van der Waals surface area contributed by atoms with Crippen LogP contribution in [0.15, 0.2) is 6.07 Å². The number of carbonyl (C=O) groups is 1. The summed E-state index contributed by atoms with van der Waals surface area (Å²) in [6.45, 7) is 5.52. The Bertz CT molecular complexity index is 911. The van der Waals surface area contributed by atoms with Crippen LogP contribution in [-0.2, 0) is 11.0 Å². The van der Waals surface area contributed by atoms with E-state index in [2.05, 4.69) is 27.0 Å². The number of likely N-dealkylation sites (tertiary alicyclic amines) is 2. The van der Waals surface area contributed by atoms with E-state index in [1.54, 1.807) is 0 Å². The fourth-order valence-corrected chi connectivity index (χ4v) is 4.44. The van der Waals surface area contributed by atoms with Crippen LogP contribution in [0, 0.1) is 5.92 Å². The number of hydrogen-bond donors (Lipinski definition) is 2. The van der Waals surface area contributed by atoms with E-state index in [1.165, 1.54) is 0 Å². The number of nitrogens with one attached hydrogen (secondary N) is 1. The molecular weight excluding hydrogens is 397 g/mol. The number of H-pyrrole nitrogens is 1. The van der Waals surface area contributed by atoms with E-state index in [1.807, 2.05) is 4.90 Å². The molecule has 2 saturated heterocycles. The number of rotatable bonds is 3. The molecule has 0 radical (unpaired) electrons. The molecule has 2 aliphatic rings. The fourth-order valence-electron chi connectivity index (χ4n) is 4.44. The Kier molecular flexibility index (Phi) is 5.61. The Morgan fingerprint density at radius 2 is 1.87 bits per heavy atom. The highest BCUT2D eigenvalue weighted by atomic mass is 19.4. The first-order chi connectivity index (χ1) is 14.2. The van der Waals surface area contributed by atoms with Crippen molar-refractivity contribution in [2.45, 2.75) is 44.7 Å². The molecule has 0 bridgehead atoms. The number of pyridine rings is 1. The van der Waals surface area contributed by atoms with Crippen LogP contribution < -0.4 is 5.73 Å². The molecule has 4 rings (SSSR count). The first kappa shape index (κ1) is 20.9. The van der Waals surface area contributed by atoms with Crippen LogP contribution in [0.5, 0.6) is 0 Å². The van der Waals surface area contributed by atoms with Gasteiger partial charge >= 0.3 is 6.18 Å². The summed E-state index contributed by atoms with van der Waals surface area (Å²) < 4.78 is 40.7. The van der Waals surface area contributed by atoms with E-state index in [9.17, 15) is 18.0 Å². The SMILES string of the molecule is CC1CCN(C(=O)CN2CCC(c3cc(C(F)(F)F)c4c(N)[nH]nc4n3)CC2)CC1. The Labute approximate surface area is 172 Å². The van der Waals surface area contributed by atoms with E-state index >= 15 is 0 Å². The van der Waals surface area contributed by atoms with Gasteiger partial charge in [-0.05, 0) is 50.8 Å². The van der Waals surface area contributed by atoms with Crippen molar-refractivity contribution in [3.8, 4) is 0 Å². The normalized spacial score (nSPS) is 20.2. The van der Waals surface area contributed by atoms with Crippen molar-refractivity contribution in [2.75, 3.05) is 38.5 Å².